The van der Waals surface area contributed by atoms with E-state index in [0.717, 1.165) is 26.7 Å². The SMILES string of the molecule is CC(=O)Nc1ccc(S(=O)(=O)Oc2ccccc2/C=C2\SC(=O)N(Cc3ccc(Br)cc3)C2=O)cc1. The Kier molecular flexibility index (Phi) is 7.62. The van der Waals surface area contributed by atoms with E-state index in [1.165, 1.54) is 43.3 Å². The van der Waals surface area contributed by atoms with Crippen molar-refractivity contribution < 1.29 is 27.0 Å². The van der Waals surface area contributed by atoms with Gasteiger partial charge < -0.3 is 9.50 Å². The van der Waals surface area contributed by atoms with E-state index in [-0.39, 0.29) is 28.0 Å². The normalized spacial score (nSPS) is 14.8. The summed E-state index contributed by atoms with van der Waals surface area (Å²) < 4.78 is 32.0. The lowest BCUT2D eigenvalue weighted by Crippen LogP contribution is -2.27. The third kappa shape index (κ3) is 6.04. The molecule has 1 N–H and O–H groups in total. The largest absolute Gasteiger partial charge is 0.378 e. The van der Waals surface area contributed by atoms with Gasteiger partial charge in [-0.1, -0.05) is 46.3 Å². The second-order valence-corrected chi connectivity index (χ2v) is 11.1. The number of nitrogens with one attached hydrogen (secondary N) is 1. The average molecular weight is 587 g/mol. The zero-order valence-corrected chi connectivity index (χ0v) is 22.0. The standard InChI is InChI=1S/C25H19BrN2O6S2/c1-16(29)27-20-10-12-21(13-11-20)36(32,33)34-22-5-3-2-4-18(22)14-23-24(30)28(25(31)35-23)15-17-6-8-19(26)9-7-17/h2-14H,15H2,1H3,(H,27,29)/b23-14-. The Balaban J connectivity index is 1.55. The minimum absolute atomic E-state index is 0.00291. The molecular weight excluding hydrogens is 568 g/mol. The van der Waals surface area contributed by atoms with Crippen molar-refractivity contribution in [3.63, 3.8) is 0 Å². The summed E-state index contributed by atoms with van der Waals surface area (Å²) in [4.78, 5) is 37.8. The van der Waals surface area contributed by atoms with Gasteiger partial charge in [0.25, 0.3) is 11.1 Å². The lowest BCUT2D eigenvalue weighted by atomic mass is 10.2. The molecule has 3 aromatic rings. The molecule has 184 valence electrons. The first-order chi connectivity index (χ1) is 17.1. The van der Waals surface area contributed by atoms with Gasteiger partial charge in [0.2, 0.25) is 5.91 Å². The quantitative estimate of drug-likeness (QED) is 0.291. The molecule has 3 aromatic carbocycles. The zero-order chi connectivity index (χ0) is 25.9. The molecule has 0 radical (unpaired) electrons. The van der Waals surface area contributed by atoms with Gasteiger partial charge in [-0.25, -0.2) is 0 Å². The highest BCUT2D eigenvalue weighted by Gasteiger charge is 2.35. The number of amides is 3. The van der Waals surface area contributed by atoms with E-state index in [0.29, 0.717) is 11.3 Å². The van der Waals surface area contributed by atoms with Crippen LogP contribution in [0.5, 0.6) is 5.75 Å². The number of rotatable bonds is 7. The van der Waals surface area contributed by atoms with E-state index >= 15 is 0 Å². The molecule has 0 unspecified atom stereocenters. The van der Waals surface area contributed by atoms with Crippen LogP contribution in [-0.2, 0) is 26.3 Å². The second-order valence-electron chi connectivity index (χ2n) is 7.68. The third-order valence-corrected chi connectivity index (χ3v) is 7.68. The third-order valence-electron chi connectivity index (χ3n) is 5.00. The Labute approximate surface area is 220 Å². The number of hydrogen-bond donors (Lipinski definition) is 1. The number of hydrogen-bond acceptors (Lipinski definition) is 7. The van der Waals surface area contributed by atoms with Crippen LogP contribution in [0.1, 0.15) is 18.1 Å². The summed E-state index contributed by atoms with van der Waals surface area (Å²) in [7, 11) is -4.21. The first kappa shape index (κ1) is 25.7. The van der Waals surface area contributed by atoms with Gasteiger partial charge in [-0.15, -0.1) is 0 Å². The minimum atomic E-state index is -4.21. The van der Waals surface area contributed by atoms with Gasteiger partial charge in [-0.3, -0.25) is 19.3 Å². The maximum Gasteiger partial charge on any atom is 0.339 e. The van der Waals surface area contributed by atoms with E-state index < -0.39 is 21.3 Å². The smallest absolute Gasteiger partial charge is 0.339 e. The van der Waals surface area contributed by atoms with E-state index in [1.54, 1.807) is 18.2 Å². The van der Waals surface area contributed by atoms with Crippen LogP contribution in [0, 0.1) is 0 Å². The fourth-order valence-corrected chi connectivity index (χ4v) is 5.35. The van der Waals surface area contributed by atoms with E-state index in [4.69, 9.17) is 4.18 Å². The van der Waals surface area contributed by atoms with Crippen molar-refractivity contribution in [3.8, 4) is 5.75 Å². The van der Waals surface area contributed by atoms with E-state index in [2.05, 4.69) is 21.2 Å². The maximum absolute atomic E-state index is 12.9. The first-order valence-electron chi connectivity index (χ1n) is 10.5. The molecule has 0 aliphatic carbocycles. The van der Waals surface area contributed by atoms with Crippen LogP contribution in [0.25, 0.3) is 6.08 Å². The number of benzene rings is 3. The Morgan fingerprint density at radius 1 is 1.03 bits per heavy atom. The van der Waals surface area contributed by atoms with Crippen molar-refractivity contribution in [2.45, 2.75) is 18.4 Å². The van der Waals surface area contributed by atoms with Crippen molar-refractivity contribution in [2.24, 2.45) is 0 Å². The number of thioether (sulfide) groups is 1. The summed E-state index contributed by atoms with van der Waals surface area (Å²) in [6.07, 6.45) is 1.44. The summed E-state index contributed by atoms with van der Waals surface area (Å²) in [5.41, 5.74) is 1.56. The van der Waals surface area contributed by atoms with Crippen LogP contribution in [0.3, 0.4) is 0 Å². The lowest BCUT2D eigenvalue weighted by Gasteiger charge is -2.12. The van der Waals surface area contributed by atoms with Crippen molar-refractivity contribution in [2.75, 3.05) is 5.32 Å². The summed E-state index contributed by atoms with van der Waals surface area (Å²) in [5, 5.41) is 2.14. The zero-order valence-electron chi connectivity index (χ0n) is 18.8. The van der Waals surface area contributed by atoms with Crippen molar-refractivity contribution in [3.05, 3.63) is 93.3 Å². The van der Waals surface area contributed by atoms with Gasteiger partial charge >= 0.3 is 10.1 Å². The van der Waals surface area contributed by atoms with Crippen LogP contribution in [0.2, 0.25) is 0 Å². The highest BCUT2D eigenvalue weighted by molar-refractivity contribution is 9.10. The second kappa shape index (κ2) is 10.7. The first-order valence-corrected chi connectivity index (χ1v) is 13.6. The number of carbonyl (C=O) groups excluding carboxylic acids is 3. The molecule has 0 bridgehead atoms. The molecule has 3 amide bonds. The van der Waals surface area contributed by atoms with Gasteiger partial charge in [0, 0.05) is 22.6 Å². The average Bonchev–Trinajstić information content (AvgIpc) is 3.09. The Bertz CT molecular complexity index is 1470. The van der Waals surface area contributed by atoms with Gasteiger partial charge in [-0.2, -0.15) is 8.42 Å². The number of nitrogens with zero attached hydrogens (tertiary/aromatic N) is 1. The fraction of sp³-hybridized carbons (Fsp3) is 0.0800. The molecule has 1 fully saturated rings. The molecule has 0 aromatic heterocycles. The molecule has 11 heteroatoms. The molecular formula is C25H19BrN2O6S2. The van der Waals surface area contributed by atoms with E-state index in [1.807, 2.05) is 24.3 Å². The Morgan fingerprint density at radius 3 is 2.36 bits per heavy atom. The summed E-state index contributed by atoms with van der Waals surface area (Å²) in [5.74, 6) is -0.751. The number of imide groups is 1. The van der Waals surface area contributed by atoms with Gasteiger partial charge in [0.1, 0.15) is 10.6 Å². The molecule has 0 spiro atoms. The molecule has 1 aliphatic rings. The summed E-state index contributed by atoms with van der Waals surface area (Å²) in [6, 6.07) is 19.1. The van der Waals surface area contributed by atoms with Gasteiger partial charge in [-0.05, 0) is 65.9 Å². The molecule has 0 atom stereocenters. The summed E-state index contributed by atoms with van der Waals surface area (Å²) in [6.45, 7) is 1.47. The van der Waals surface area contributed by atoms with E-state index in [9.17, 15) is 22.8 Å². The number of para-hydroxylation sites is 1. The fourth-order valence-electron chi connectivity index (χ4n) is 3.30. The Hall–Kier alpha value is -3.41. The lowest BCUT2D eigenvalue weighted by molar-refractivity contribution is -0.123. The van der Waals surface area contributed by atoms with Crippen LogP contribution in [0.15, 0.2) is 87.1 Å². The van der Waals surface area contributed by atoms with Crippen LogP contribution in [0.4, 0.5) is 10.5 Å². The monoisotopic (exact) mass is 586 g/mol. The predicted molar refractivity (Wildman–Crippen MR) is 141 cm³/mol. The molecule has 8 nitrogen and oxygen atoms in total. The number of anilines is 1. The molecule has 36 heavy (non-hydrogen) atoms. The molecule has 1 heterocycles. The highest BCUT2D eigenvalue weighted by atomic mass is 79.9. The molecule has 4 rings (SSSR count). The van der Waals surface area contributed by atoms with Crippen molar-refractivity contribution in [1.29, 1.82) is 0 Å². The minimum Gasteiger partial charge on any atom is -0.378 e. The summed E-state index contributed by atoms with van der Waals surface area (Å²) >= 11 is 4.13. The maximum atomic E-state index is 12.9. The van der Waals surface area contributed by atoms with Crippen molar-refractivity contribution in [1.82, 2.24) is 4.90 Å². The predicted octanol–water partition coefficient (Wildman–Crippen LogP) is 5.41. The Morgan fingerprint density at radius 2 is 1.69 bits per heavy atom. The van der Waals surface area contributed by atoms with Crippen molar-refractivity contribution >= 4 is 66.6 Å². The van der Waals surface area contributed by atoms with Crippen LogP contribution < -0.4 is 9.50 Å². The topological polar surface area (TPSA) is 110 Å². The van der Waals surface area contributed by atoms with Crippen LogP contribution in [-0.4, -0.2) is 30.4 Å². The van der Waals surface area contributed by atoms with Gasteiger partial charge in [0.05, 0.1) is 11.4 Å². The van der Waals surface area contributed by atoms with Gasteiger partial charge in [0.15, 0.2) is 0 Å². The van der Waals surface area contributed by atoms with Crippen LogP contribution >= 0.6 is 27.7 Å². The highest BCUT2D eigenvalue weighted by Crippen LogP contribution is 2.35. The number of halogens is 1. The molecule has 1 saturated heterocycles. The number of carbonyl (C=O) groups is 3. The molecule has 0 saturated carbocycles. The molecule has 1 aliphatic heterocycles.